The number of nitrogens with one attached hydrogen (secondary N) is 2. The van der Waals surface area contributed by atoms with Gasteiger partial charge in [-0.25, -0.2) is 23.6 Å². The van der Waals surface area contributed by atoms with Gasteiger partial charge in [0.1, 0.15) is 35.8 Å². The lowest BCUT2D eigenvalue weighted by Gasteiger charge is -2.51. The van der Waals surface area contributed by atoms with Gasteiger partial charge in [0.25, 0.3) is 0 Å². The molecule has 1 aromatic carbocycles. The van der Waals surface area contributed by atoms with Crippen molar-refractivity contribution in [3.05, 3.63) is 33.6 Å². The Morgan fingerprint density at radius 2 is 0.640 bits per heavy atom. The molecule has 6 rings (SSSR count). The summed E-state index contributed by atoms with van der Waals surface area (Å²) in [7, 11) is 0. The number of hydroxylamine groups is 6. The number of hydrogen-bond donors (Lipinski definition) is 6. The normalized spacial score (nSPS) is 27.2. The van der Waals surface area contributed by atoms with Gasteiger partial charge in [0.15, 0.2) is 6.29 Å². The standard InChI is InChI=1S/C56H92FN5O13/c1-47(2)21-31(22-48(3,4)58-47)71-42(63)36-37(43(64)73-33-25-51(9,10)60(68)52(11,12)26-33)39(45(66)72-32-23-49(5,6)59-50(7,8)24-32)41(57)40(46(67)75-35-29-55(17,18)62(70)56(19,20)30-35)38(36)44(65)74-34-27-53(13,14)61(69)54(15,16)28-34/h31-35,45,58-59,66,68-70H,21-30H2,1-20H3. The number of ether oxygens (including phenoxy) is 5. The molecule has 0 saturated carbocycles. The summed E-state index contributed by atoms with van der Waals surface area (Å²) in [6.07, 6.45) is -5.44. The predicted octanol–water partition coefficient (Wildman–Crippen LogP) is 9.31. The lowest BCUT2D eigenvalue weighted by atomic mass is 9.80. The molecule has 1 atom stereocenters. The molecule has 6 N–H and O–H groups in total. The van der Waals surface area contributed by atoms with Crippen LogP contribution >= 0.6 is 0 Å². The van der Waals surface area contributed by atoms with E-state index in [4.69, 9.17) is 23.7 Å². The smallest absolute Gasteiger partial charge is 0.342 e. The van der Waals surface area contributed by atoms with Crippen LogP contribution in [0.25, 0.3) is 0 Å². The Labute approximate surface area is 444 Å². The molecule has 5 aliphatic rings. The van der Waals surface area contributed by atoms with Gasteiger partial charge in [0.2, 0.25) is 0 Å². The van der Waals surface area contributed by atoms with E-state index in [0.717, 1.165) is 0 Å². The van der Waals surface area contributed by atoms with Gasteiger partial charge in [0, 0.05) is 107 Å². The zero-order chi connectivity index (χ0) is 57.0. The maximum Gasteiger partial charge on any atom is 0.342 e. The fourth-order valence-corrected chi connectivity index (χ4v) is 14.3. The summed E-state index contributed by atoms with van der Waals surface area (Å²) in [5.41, 5.74) is -12.9. The molecule has 0 bridgehead atoms. The number of aliphatic hydroxyl groups is 1. The van der Waals surface area contributed by atoms with Gasteiger partial charge >= 0.3 is 23.9 Å². The number of esters is 4. The highest BCUT2D eigenvalue weighted by molar-refractivity contribution is 6.16. The maximum atomic E-state index is 18.8. The summed E-state index contributed by atoms with van der Waals surface area (Å²) in [6, 6.07) is 0. The van der Waals surface area contributed by atoms with Gasteiger partial charge < -0.3 is 55.0 Å². The van der Waals surface area contributed by atoms with Crippen LogP contribution in [0.3, 0.4) is 0 Å². The number of halogens is 1. The first-order chi connectivity index (χ1) is 33.7. The Kier molecular flexibility index (Phi) is 16.3. The van der Waals surface area contributed by atoms with Crippen molar-refractivity contribution in [1.29, 1.82) is 0 Å². The summed E-state index contributed by atoms with van der Waals surface area (Å²) >= 11 is 0. The topological polar surface area (TPSA) is 229 Å². The highest BCUT2D eigenvalue weighted by atomic mass is 19.1. The number of rotatable bonds is 11. The molecule has 0 spiro atoms. The summed E-state index contributed by atoms with van der Waals surface area (Å²) in [5, 5.41) is 56.9. The number of nitrogens with zero attached hydrogens (tertiary/aromatic N) is 3. The van der Waals surface area contributed by atoms with Crippen LogP contribution in [-0.2, 0) is 23.7 Å². The van der Waals surface area contributed by atoms with E-state index in [9.17, 15) is 20.7 Å². The molecule has 5 aliphatic heterocycles. The Balaban J connectivity index is 1.66. The number of hydrogen-bond acceptors (Lipinski definition) is 18. The number of piperidine rings is 5. The van der Waals surface area contributed by atoms with Gasteiger partial charge in [-0.15, -0.1) is 0 Å². The first-order valence-corrected chi connectivity index (χ1v) is 26.8. The number of carbonyl (C=O) groups excluding carboxylic acids is 4. The summed E-state index contributed by atoms with van der Waals surface area (Å²) in [5.74, 6) is -7.01. The third-order valence-corrected chi connectivity index (χ3v) is 16.1. The zero-order valence-electron chi connectivity index (χ0n) is 48.7. The van der Waals surface area contributed by atoms with Crippen LogP contribution in [0, 0.1) is 5.82 Å². The molecular formula is C56H92FN5O13. The zero-order valence-corrected chi connectivity index (χ0v) is 48.7. The van der Waals surface area contributed by atoms with E-state index in [0.29, 0.717) is 12.8 Å². The average Bonchev–Trinajstić information content (AvgIpc) is 3.17. The highest BCUT2D eigenvalue weighted by Crippen LogP contribution is 2.45. The fraction of sp³-hybridized carbons (Fsp3) is 0.821. The molecule has 0 aliphatic carbocycles. The monoisotopic (exact) mass is 1060 g/mol. The number of benzene rings is 1. The van der Waals surface area contributed by atoms with Gasteiger partial charge in [-0.3, -0.25) is 0 Å². The van der Waals surface area contributed by atoms with Crippen LogP contribution in [0.5, 0.6) is 0 Å². The summed E-state index contributed by atoms with van der Waals surface area (Å²) < 4.78 is 50.4. The lowest BCUT2D eigenvalue weighted by molar-refractivity contribution is -0.257. The molecule has 75 heavy (non-hydrogen) atoms. The molecule has 18 nitrogen and oxygen atoms in total. The number of aliphatic hydroxyl groups excluding tert-OH is 1. The van der Waals surface area contributed by atoms with Crippen molar-refractivity contribution in [2.75, 3.05) is 0 Å². The minimum atomic E-state index is -2.36. The second-order valence-corrected chi connectivity index (χ2v) is 29.1. The van der Waals surface area contributed by atoms with Gasteiger partial charge in [-0.05, 0) is 151 Å². The molecular weight excluding hydrogens is 970 g/mol. The Hall–Kier alpha value is -3.37. The molecule has 0 radical (unpaired) electrons. The third-order valence-electron chi connectivity index (χ3n) is 16.1. The largest absolute Gasteiger partial charge is 0.459 e. The van der Waals surface area contributed by atoms with Crippen LogP contribution in [0.4, 0.5) is 4.39 Å². The molecule has 1 aromatic rings. The fourth-order valence-electron chi connectivity index (χ4n) is 14.3. The molecule has 5 saturated heterocycles. The average molecular weight is 1060 g/mol. The van der Waals surface area contributed by atoms with Crippen molar-refractivity contribution in [1.82, 2.24) is 25.8 Å². The van der Waals surface area contributed by atoms with Crippen molar-refractivity contribution in [2.45, 2.75) is 295 Å². The Bertz CT molecular complexity index is 2290. The Morgan fingerprint density at radius 1 is 0.413 bits per heavy atom. The summed E-state index contributed by atoms with van der Waals surface area (Å²) in [4.78, 5) is 62.2. The van der Waals surface area contributed by atoms with Crippen molar-refractivity contribution < 1.29 is 68.0 Å². The van der Waals surface area contributed by atoms with E-state index in [-0.39, 0.29) is 51.4 Å². The quantitative estimate of drug-likeness (QED) is 0.0689. The van der Waals surface area contributed by atoms with Gasteiger partial charge in [0.05, 0.1) is 28.4 Å². The van der Waals surface area contributed by atoms with E-state index in [1.807, 2.05) is 55.4 Å². The van der Waals surface area contributed by atoms with Crippen LogP contribution < -0.4 is 10.6 Å². The van der Waals surface area contributed by atoms with E-state index < -0.39 is 150 Å². The van der Waals surface area contributed by atoms with Crippen LogP contribution in [0.2, 0.25) is 0 Å². The minimum absolute atomic E-state index is 0.0570. The second-order valence-electron chi connectivity index (χ2n) is 29.1. The van der Waals surface area contributed by atoms with Gasteiger partial charge in [-0.2, -0.15) is 15.2 Å². The predicted molar refractivity (Wildman–Crippen MR) is 277 cm³/mol. The van der Waals surface area contributed by atoms with E-state index in [1.165, 1.54) is 15.2 Å². The van der Waals surface area contributed by atoms with E-state index >= 15 is 23.6 Å². The maximum absolute atomic E-state index is 18.8. The van der Waals surface area contributed by atoms with Gasteiger partial charge in [-0.1, -0.05) is 0 Å². The van der Waals surface area contributed by atoms with Crippen LogP contribution in [0.1, 0.15) is 256 Å². The lowest BCUT2D eigenvalue weighted by Crippen LogP contribution is -2.61. The van der Waals surface area contributed by atoms with Crippen LogP contribution in [-0.4, -0.2) is 146 Å². The van der Waals surface area contributed by atoms with Crippen molar-refractivity contribution in [3.63, 3.8) is 0 Å². The molecule has 426 valence electrons. The molecule has 0 amide bonds. The van der Waals surface area contributed by atoms with Crippen molar-refractivity contribution >= 4 is 23.9 Å². The first-order valence-electron chi connectivity index (χ1n) is 26.8. The summed E-state index contributed by atoms with van der Waals surface area (Å²) in [6.45, 7) is 36.6. The molecule has 19 heteroatoms. The second kappa shape index (κ2) is 20.1. The van der Waals surface area contributed by atoms with Crippen LogP contribution in [0.15, 0.2) is 0 Å². The highest BCUT2D eigenvalue weighted by Gasteiger charge is 2.53. The van der Waals surface area contributed by atoms with E-state index in [2.05, 4.69) is 10.6 Å². The molecule has 5 fully saturated rings. The molecule has 1 unspecified atom stereocenters. The third kappa shape index (κ3) is 13.2. The Morgan fingerprint density at radius 3 is 0.933 bits per heavy atom. The SMILES string of the molecule is CC1(C)CC(OC(=O)c2c(C(=O)OC3CC(C)(C)N(O)C(C)(C)C3)c(C(=O)OC3CC(C)(C)N(O)C(C)(C)C3)c(F)c(C(O)OC3CC(C)(C)NC(C)(C)C3)c2C(=O)OC2CC(C)(C)N(O)C(C)(C)C2)CC(C)(C)N1. The van der Waals surface area contributed by atoms with Crippen molar-refractivity contribution in [2.24, 2.45) is 0 Å². The van der Waals surface area contributed by atoms with E-state index in [1.54, 1.807) is 83.1 Å². The minimum Gasteiger partial charge on any atom is -0.459 e. The molecule has 5 heterocycles. The number of carbonyl (C=O) groups is 4. The van der Waals surface area contributed by atoms with Crippen molar-refractivity contribution in [3.8, 4) is 0 Å². The molecule has 0 aromatic heterocycles. The first kappa shape index (κ1) is 60.9.